The number of alkyl halides is 3. The van der Waals surface area contributed by atoms with Gasteiger partial charge in [-0.3, -0.25) is 0 Å². The highest BCUT2D eigenvalue weighted by Crippen LogP contribution is 2.19. The molecule has 0 aliphatic rings. The maximum absolute atomic E-state index is 11.9. The highest BCUT2D eigenvalue weighted by Gasteiger charge is 2.40. The normalized spacial score (nSPS) is 15.0. The zero-order valence-corrected chi connectivity index (χ0v) is 6.15. The lowest BCUT2D eigenvalue weighted by molar-refractivity contribution is -0.335. The molecular formula is C6H10F3O2. The zero-order chi connectivity index (χ0) is 8.91. The fourth-order valence-electron chi connectivity index (χ4n) is 0.428. The Morgan fingerprint density at radius 3 is 2.45 bits per heavy atom. The Morgan fingerprint density at radius 2 is 2.09 bits per heavy atom. The van der Waals surface area contributed by atoms with Crippen LogP contribution in [-0.4, -0.2) is 19.1 Å². The van der Waals surface area contributed by atoms with Crippen LogP contribution < -0.4 is 0 Å². The smallest absolute Gasteiger partial charge is 0.341 e. The molecule has 0 saturated heterocycles. The summed E-state index contributed by atoms with van der Waals surface area (Å²) < 4.78 is 38.8. The molecule has 1 radical (unpaired) electrons. The number of hydrogen-bond donors (Lipinski definition) is 0. The van der Waals surface area contributed by atoms with E-state index in [2.05, 4.69) is 4.74 Å². The molecule has 1 atom stereocenters. The Balaban J connectivity index is 3.44. The van der Waals surface area contributed by atoms with Gasteiger partial charge in [-0.1, -0.05) is 13.3 Å². The van der Waals surface area contributed by atoms with Crippen molar-refractivity contribution in [3.63, 3.8) is 0 Å². The summed E-state index contributed by atoms with van der Waals surface area (Å²) in [5, 5.41) is 9.56. The van der Waals surface area contributed by atoms with Gasteiger partial charge in [0.2, 0.25) is 0 Å². The molecule has 67 valence electrons. The fraction of sp³-hybridized carbons (Fsp3) is 1.00. The summed E-state index contributed by atoms with van der Waals surface area (Å²) in [5.74, 6) is 0. The van der Waals surface area contributed by atoms with Gasteiger partial charge >= 0.3 is 6.11 Å². The van der Waals surface area contributed by atoms with Crippen LogP contribution >= 0.6 is 0 Å². The molecule has 11 heavy (non-hydrogen) atoms. The van der Waals surface area contributed by atoms with Crippen molar-refractivity contribution in [2.75, 3.05) is 6.61 Å². The molecule has 0 aliphatic carbocycles. The van der Waals surface area contributed by atoms with Crippen LogP contribution in [0.4, 0.5) is 13.2 Å². The van der Waals surface area contributed by atoms with E-state index in [1.165, 1.54) is 0 Å². The molecule has 0 spiro atoms. The Hall–Kier alpha value is -0.290. The van der Waals surface area contributed by atoms with Crippen molar-refractivity contribution in [2.45, 2.75) is 32.2 Å². The van der Waals surface area contributed by atoms with Crippen LogP contribution in [0.5, 0.6) is 0 Å². The van der Waals surface area contributed by atoms with Crippen LogP contribution in [0.25, 0.3) is 0 Å². The molecule has 0 aromatic heterocycles. The van der Waals surface area contributed by atoms with Crippen molar-refractivity contribution in [3.05, 3.63) is 0 Å². The lowest BCUT2D eigenvalue weighted by atomic mass is 10.4. The van der Waals surface area contributed by atoms with Crippen LogP contribution in [0.1, 0.15) is 19.8 Å². The number of rotatable bonds is 5. The third-order valence-corrected chi connectivity index (χ3v) is 1.03. The quantitative estimate of drug-likeness (QED) is 0.582. The molecular weight excluding hydrogens is 161 g/mol. The van der Waals surface area contributed by atoms with E-state index in [0.717, 1.165) is 0 Å². The zero-order valence-electron chi connectivity index (χ0n) is 6.15. The summed E-state index contributed by atoms with van der Waals surface area (Å²) in [6.45, 7) is 1.65. The van der Waals surface area contributed by atoms with Gasteiger partial charge in [-0.2, -0.15) is 13.9 Å². The second kappa shape index (κ2) is 4.56. The first-order chi connectivity index (χ1) is 4.98. The SMILES string of the molecule is CCCCOC(F)C([O])(F)F. The second-order valence-corrected chi connectivity index (χ2v) is 2.10. The molecule has 0 rings (SSSR count). The summed E-state index contributed by atoms with van der Waals surface area (Å²) in [7, 11) is 0. The number of ether oxygens (including phenoxy) is 1. The predicted octanol–water partition coefficient (Wildman–Crippen LogP) is 2.12. The van der Waals surface area contributed by atoms with Gasteiger partial charge in [0.25, 0.3) is 6.36 Å². The van der Waals surface area contributed by atoms with Crippen LogP contribution in [0.3, 0.4) is 0 Å². The summed E-state index contributed by atoms with van der Waals surface area (Å²) >= 11 is 0. The molecule has 0 heterocycles. The molecule has 0 saturated carbocycles. The minimum Gasteiger partial charge on any atom is -0.341 e. The Bertz CT molecular complexity index is 102. The first-order valence-electron chi connectivity index (χ1n) is 3.32. The van der Waals surface area contributed by atoms with E-state index in [1.807, 2.05) is 0 Å². The van der Waals surface area contributed by atoms with Gasteiger partial charge in [0.15, 0.2) is 0 Å². The lowest BCUT2D eigenvalue weighted by Gasteiger charge is -2.12. The van der Waals surface area contributed by atoms with E-state index in [-0.39, 0.29) is 6.61 Å². The monoisotopic (exact) mass is 171 g/mol. The van der Waals surface area contributed by atoms with Gasteiger partial charge in [0.05, 0.1) is 6.61 Å². The molecule has 0 N–H and O–H groups in total. The molecule has 5 heteroatoms. The standard InChI is InChI=1S/C6H10F3O2/c1-2-3-4-11-5(7)6(8,9)10/h5H,2-4H2,1H3. The summed E-state index contributed by atoms with van der Waals surface area (Å²) in [6, 6.07) is 0. The average Bonchev–Trinajstić information content (AvgIpc) is 1.86. The summed E-state index contributed by atoms with van der Waals surface area (Å²) in [4.78, 5) is 0. The van der Waals surface area contributed by atoms with Crippen LogP contribution in [0.15, 0.2) is 0 Å². The van der Waals surface area contributed by atoms with E-state index in [4.69, 9.17) is 0 Å². The molecule has 0 fully saturated rings. The van der Waals surface area contributed by atoms with Crippen molar-refractivity contribution in [2.24, 2.45) is 0 Å². The first-order valence-corrected chi connectivity index (χ1v) is 3.32. The Labute approximate surface area is 63.0 Å². The van der Waals surface area contributed by atoms with Crippen LogP contribution in [0, 0.1) is 0 Å². The van der Waals surface area contributed by atoms with E-state index < -0.39 is 12.5 Å². The molecule has 0 aromatic carbocycles. The van der Waals surface area contributed by atoms with Crippen LogP contribution in [0.2, 0.25) is 0 Å². The lowest BCUT2D eigenvalue weighted by Crippen LogP contribution is -2.30. The van der Waals surface area contributed by atoms with Gasteiger partial charge in [-0.25, -0.2) is 4.39 Å². The minimum absolute atomic E-state index is 0.143. The van der Waals surface area contributed by atoms with E-state index in [1.54, 1.807) is 6.92 Å². The van der Waals surface area contributed by atoms with Gasteiger partial charge in [0, 0.05) is 0 Å². The maximum Gasteiger partial charge on any atom is 0.437 e. The molecule has 1 unspecified atom stereocenters. The van der Waals surface area contributed by atoms with Gasteiger partial charge in [-0.15, -0.1) is 0 Å². The van der Waals surface area contributed by atoms with E-state index >= 15 is 0 Å². The van der Waals surface area contributed by atoms with Gasteiger partial charge < -0.3 is 4.74 Å². The predicted molar refractivity (Wildman–Crippen MR) is 31.4 cm³/mol. The van der Waals surface area contributed by atoms with Crippen LogP contribution in [-0.2, 0) is 9.84 Å². The third kappa shape index (κ3) is 5.03. The fourth-order valence-corrected chi connectivity index (χ4v) is 0.428. The minimum atomic E-state index is -4.63. The molecule has 2 nitrogen and oxygen atoms in total. The van der Waals surface area contributed by atoms with E-state index in [9.17, 15) is 18.3 Å². The van der Waals surface area contributed by atoms with Gasteiger partial charge in [0.1, 0.15) is 0 Å². The Kier molecular flexibility index (Phi) is 4.44. The van der Waals surface area contributed by atoms with Crippen molar-refractivity contribution in [3.8, 4) is 0 Å². The number of hydrogen-bond acceptors (Lipinski definition) is 1. The summed E-state index contributed by atoms with van der Waals surface area (Å²) in [6.07, 6.45) is -6.48. The second-order valence-electron chi connectivity index (χ2n) is 2.10. The summed E-state index contributed by atoms with van der Waals surface area (Å²) in [5.41, 5.74) is 0. The number of halogens is 3. The molecule has 0 aromatic rings. The Morgan fingerprint density at radius 1 is 1.55 bits per heavy atom. The molecule has 0 bridgehead atoms. The third-order valence-electron chi connectivity index (χ3n) is 1.03. The molecule has 0 aliphatic heterocycles. The van der Waals surface area contributed by atoms with Crippen molar-refractivity contribution in [1.29, 1.82) is 0 Å². The number of unbranched alkanes of at least 4 members (excludes halogenated alkanes) is 1. The first kappa shape index (κ1) is 10.7. The topological polar surface area (TPSA) is 29.1 Å². The maximum atomic E-state index is 11.9. The largest absolute Gasteiger partial charge is 0.437 e. The van der Waals surface area contributed by atoms with E-state index in [0.29, 0.717) is 12.8 Å². The highest BCUT2D eigenvalue weighted by molar-refractivity contribution is 4.51. The van der Waals surface area contributed by atoms with Crippen molar-refractivity contribution < 1.29 is 23.0 Å². The highest BCUT2D eigenvalue weighted by atomic mass is 19.3. The van der Waals surface area contributed by atoms with Crippen molar-refractivity contribution >= 4 is 0 Å². The average molecular weight is 171 g/mol. The van der Waals surface area contributed by atoms with Gasteiger partial charge in [-0.05, 0) is 6.42 Å². The van der Waals surface area contributed by atoms with Crippen molar-refractivity contribution in [1.82, 2.24) is 0 Å². The molecule has 0 amide bonds.